The van der Waals surface area contributed by atoms with Crippen molar-refractivity contribution < 1.29 is 14.3 Å². The molecule has 0 radical (unpaired) electrons. The Bertz CT molecular complexity index is 434. The number of benzene rings is 1. The molecule has 0 aromatic heterocycles. The molecule has 5 nitrogen and oxygen atoms in total. The highest BCUT2D eigenvalue weighted by atomic mass is 16.5. The first-order valence-electron chi connectivity index (χ1n) is 6.50. The molecule has 19 heavy (non-hydrogen) atoms. The molecule has 1 aromatic rings. The summed E-state index contributed by atoms with van der Waals surface area (Å²) in [7, 11) is 0. The second-order valence-corrected chi connectivity index (χ2v) is 4.51. The number of amides is 2. The first kappa shape index (κ1) is 13.4. The second-order valence-electron chi connectivity index (χ2n) is 4.51. The molecule has 1 aliphatic rings. The summed E-state index contributed by atoms with van der Waals surface area (Å²) in [5.41, 5.74) is 0. The lowest BCUT2D eigenvalue weighted by molar-refractivity contribution is -0.129. The fraction of sp³-hybridized carbons (Fsp3) is 0.429. The maximum Gasteiger partial charge on any atom is 0.258 e. The lowest BCUT2D eigenvalue weighted by Gasteiger charge is -2.15. The first-order valence-corrected chi connectivity index (χ1v) is 6.50. The average Bonchev–Trinajstić information content (AvgIpc) is 2.63. The SMILES string of the molecule is O=C(COc1ccccc1)NC1CCCCNC1=O. The van der Waals surface area contributed by atoms with E-state index in [9.17, 15) is 9.59 Å². The Kier molecular flexibility index (Phi) is 4.78. The van der Waals surface area contributed by atoms with E-state index in [1.807, 2.05) is 18.2 Å². The van der Waals surface area contributed by atoms with Gasteiger partial charge in [0.05, 0.1) is 0 Å². The van der Waals surface area contributed by atoms with Gasteiger partial charge in [0.25, 0.3) is 5.91 Å². The Labute approximate surface area is 112 Å². The summed E-state index contributed by atoms with van der Waals surface area (Å²) in [5, 5.41) is 5.48. The Morgan fingerprint density at radius 3 is 2.89 bits per heavy atom. The number of rotatable bonds is 4. The van der Waals surface area contributed by atoms with Gasteiger partial charge < -0.3 is 15.4 Å². The lowest BCUT2D eigenvalue weighted by Crippen LogP contribution is -2.46. The van der Waals surface area contributed by atoms with Crippen LogP contribution in [0.4, 0.5) is 0 Å². The van der Waals surface area contributed by atoms with Gasteiger partial charge in [-0.3, -0.25) is 9.59 Å². The number of ether oxygens (including phenoxy) is 1. The van der Waals surface area contributed by atoms with Crippen molar-refractivity contribution in [2.24, 2.45) is 0 Å². The highest BCUT2D eigenvalue weighted by molar-refractivity contribution is 5.88. The molecule has 1 aromatic carbocycles. The molecule has 5 heteroatoms. The maximum atomic E-state index is 11.7. The topological polar surface area (TPSA) is 67.4 Å². The normalized spacial score (nSPS) is 19.2. The first-order chi connectivity index (χ1) is 9.25. The third-order valence-electron chi connectivity index (χ3n) is 2.98. The molecule has 0 aliphatic carbocycles. The number of hydrogen-bond acceptors (Lipinski definition) is 3. The predicted octanol–water partition coefficient (Wildman–Crippen LogP) is 0.850. The van der Waals surface area contributed by atoms with Crippen LogP contribution in [-0.2, 0) is 9.59 Å². The monoisotopic (exact) mass is 262 g/mol. The van der Waals surface area contributed by atoms with Gasteiger partial charge in [0, 0.05) is 6.54 Å². The van der Waals surface area contributed by atoms with Crippen LogP contribution < -0.4 is 15.4 Å². The van der Waals surface area contributed by atoms with Crippen LogP contribution in [0, 0.1) is 0 Å². The summed E-state index contributed by atoms with van der Waals surface area (Å²) in [6.07, 6.45) is 2.57. The summed E-state index contributed by atoms with van der Waals surface area (Å²) in [6.45, 7) is 0.611. The van der Waals surface area contributed by atoms with E-state index in [2.05, 4.69) is 10.6 Å². The molecule has 2 amide bonds. The van der Waals surface area contributed by atoms with E-state index in [-0.39, 0.29) is 18.4 Å². The van der Waals surface area contributed by atoms with Crippen LogP contribution in [0.25, 0.3) is 0 Å². The Hall–Kier alpha value is -2.04. The van der Waals surface area contributed by atoms with Crippen molar-refractivity contribution in [2.75, 3.05) is 13.2 Å². The fourth-order valence-corrected chi connectivity index (χ4v) is 1.98. The third kappa shape index (κ3) is 4.28. The molecular formula is C14H18N2O3. The molecule has 1 atom stereocenters. The number of carbonyl (C=O) groups excluding carboxylic acids is 2. The molecule has 1 fully saturated rings. The van der Waals surface area contributed by atoms with Crippen LogP contribution in [-0.4, -0.2) is 31.0 Å². The zero-order valence-electron chi connectivity index (χ0n) is 10.7. The van der Waals surface area contributed by atoms with Crippen molar-refractivity contribution in [1.82, 2.24) is 10.6 Å². The van der Waals surface area contributed by atoms with Gasteiger partial charge in [-0.2, -0.15) is 0 Å². The molecule has 1 saturated heterocycles. The largest absolute Gasteiger partial charge is 0.484 e. The number of carbonyl (C=O) groups is 2. The fourth-order valence-electron chi connectivity index (χ4n) is 1.98. The number of hydrogen-bond donors (Lipinski definition) is 2. The summed E-state index contributed by atoms with van der Waals surface area (Å²) in [5.74, 6) is 0.263. The van der Waals surface area contributed by atoms with Gasteiger partial charge in [0.1, 0.15) is 11.8 Å². The van der Waals surface area contributed by atoms with Crippen LogP contribution >= 0.6 is 0 Å². The van der Waals surface area contributed by atoms with Crippen molar-refractivity contribution in [2.45, 2.75) is 25.3 Å². The highest BCUT2D eigenvalue weighted by Crippen LogP contribution is 2.08. The summed E-state index contributed by atoms with van der Waals surface area (Å²) >= 11 is 0. The van der Waals surface area contributed by atoms with Crippen LogP contribution in [0.15, 0.2) is 30.3 Å². The molecule has 102 valence electrons. The van der Waals surface area contributed by atoms with E-state index in [1.165, 1.54) is 0 Å². The Morgan fingerprint density at radius 1 is 1.32 bits per heavy atom. The van der Waals surface area contributed by atoms with Crippen molar-refractivity contribution in [3.63, 3.8) is 0 Å². The van der Waals surface area contributed by atoms with Gasteiger partial charge >= 0.3 is 0 Å². The van der Waals surface area contributed by atoms with Crippen molar-refractivity contribution in [3.05, 3.63) is 30.3 Å². The van der Waals surface area contributed by atoms with Gasteiger partial charge in [-0.15, -0.1) is 0 Å². The van der Waals surface area contributed by atoms with E-state index < -0.39 is 6.04 Å². The number of para-hydroxylation sites is 1. The van der Waals surface area contributed by atoms with Crippen LogP contribution in [0.5, 0.6) is 5.75 Å². The molecule has 0 saturated carbocycles. The van der Waals surface area contributed by atoms with Crippen LogP contribution in [0.3, 0.4) is 0 Å². The zero-order chi connectivity index (χ0) is 13.5. The Balaban J connectivity index is 1.79. The molecular weight excluding hydrogens is 244 g/mol. The van der Waals surface area contributed by atoms with E-state index in [0.29, 0.717) is 18.7 Å². The summed E-state index contributed by atoms with van der Waals surface area (Å²) < 4.78 is 5.33. The Morgan fingerprint density at radius 2 is 2.11 bits per heavy atom. The van der Waals surface area contributed by atoms with Gasteiger partial charge in [0.15, 0.2) is 6.61 Å². The lowest BCUT2D eigenvalue weighted by atomic mass is 10.1. The smallest absolute Gasteiger partial charge is 0.258 e. The molecule has 2 N–H and O–H groups in total. The van der Waals surface area contributed by atoms with E-state index in [1.54, 1.807) is 12.1 Å². The number of nitrogens with one attached hydrogen (secondary N) is 2. The summed E-state index contributed by atoms with van der Waals surface area (Å²) in [4.78, 5) is 23.4. The molecule has 1 aliphatic heterocycles. The third-order valence-corrected chi connectivity index (χ3v) is 2.98. The summed E-state index contributed by atoms with van der Waals surface area (Å²) in [6, 6.07) is 8.69. The molecule has 0 spiro atoms. The van der Waals surface area contributed by atoms with Crippen molar-refractivity contribution in [3.8, 4) is 5.75 Å². The maximum absolute atomic E-state index is 11.7. The highest BCUT2D eigenvalue weighted by Gasteiger charge is 2.22. The minimum Gasteiger partial charge on any atom is -0.484 e. The van der Waals surface area contributed by atoms with E-state index in [0.717, 1.165) is 12.8 Å². The van der Waals surface area contributed by atoms with Gasteiger partial charge in [0.2, 0.25) is 5.91 Å². The van der Waals surface area contributed by atoms with Gasteiger partial charge in [-0.05, 0) is 31.4 Å². The minimum absolute atomic E-state index is 0.0756. The van der Waals surface area contributed by atoms with Gasteiger partial charge in [-0.25, -0.2) is 0 Å². The standard InChI is InChI=1S/C14H18N2O3/c17-13(10-19-11-6-2-1-3-7-11)16-12-8-4-5-9-15-14(12)18/h1-3,6-7,12H,4-5,8-10H2,(H,15,18)(H,16,17). The van der Waals surface area contributed by atoms with E-state index >= 15 is 0 Å². The average molecular weight is 262 g/mol. The van der Waals surface area contributed by atoms with Crippen LogP contribution in [0.1, 0.15) is 19.3 Å². The van der Waals surface area contributed by atoms with E-state index in [4.69, 9.17) is 4.74 Å². The molecule has 2 rings (SSSR count). The predicted molar refractivity (Wildman–Crippen MR) is 70.7 cm³/mol. The van der Waals surface area contributed by atoms with Crippen LogP contribution in [0.2, 0.25) is 0 Å². The molecule has 0 bridgehead atoms. The molecule has 1 heterocycles. The molecule has 1 unspecified atom stereocenters. The minimum atomic E-state index is -0.436. The zero-order valence-corrected chi connectivity index (χ0v) is 10.7. The second kappa shape index (κ2) is 6.78. The quantitative estimate of drug-likeness (QED) is 0.845. The van der Waals surface area contributed by atoms with Crippen molar-refractivity contribution >= 4 is 11.8 Å². The van der Waals surface area contributed by atoms with Crippen molar-refractivity contribution in [1.29, 1.82) is 0 Å². The van der Waals surface area contributed by atoms with Gasteiger partial charge in [-0.1, -0.05) is 18.2 Å².